The summed E-state index contributed by atoms with van der Waals surface area (Å²) in [5.74, 6) is 0.358. The number of carbonyl (C=O) groups excluding carboxylic acids is 1. The number of hydrogen-bond acceptors (Lipinski definition) is 4. The van der Waals surface area contributed by atoms with E-state index in [2.05, 4.69) is 10.0 Å². The molecule has 0 spiro atoms. The molecule has 0 atom stereocenters. The normalized spacial score (nSPS) is 11.4. The molecule has 0 unspecified atom stereocenters. The predicted molar refractivity (Wildman–Crippen MR) is 98.0 cm³/mol. The highest BCUT2D eigenvalue weighted by Crippen LogP contribution is 2.17. The summed E-state index contributed by atoms with van der Waals surface area (Å²) < 4.78 is 31.2. The Balaban J connectivity index is 2.02. The van der Waals surface area contributed by atoms with Crippen molar-refractivity contribution in [2.75, 3.05) is 19.0 Å². The van der Waals surface area contributed by atoms with E-state index in [1.165, 1.54) is 18.2 Å². The van der Waals surface area contributed by atoms with Gasteiger partial charge in [0.25, 0.3) is 0 Å². The second-order valence-electron chi connectivity index (χ2n) is 5.12. The van der Waals surface area contributed by atoms with E-state index in [0.717, 1.165) is 5.56 Å². The van der Waals surface area contributed by atoms with E-state index < -0.39 is 10.0 Å². The molecule has 0 aliphatic carbocycles. The first kappa shape index (κ1) is 18.7. The molecule has 132 valence electrons. The van der Waals surface area contributed by atoms with Crippen LogP contribution in [0.4, 0.5) is 5.69 Å². The molecule has 0 saturated heterocycles. The number of methoxy groups -OCH3 is 1. The lowest BCUT2D eigenvalue weighted by Gasteiger charge is -2.05. The maximum atomic E-state index is 12.0. The summed E-state index contributed by atoms with van der Waals surface area (Å²) in [6.45, 7) is 2.05. The highest BCUT2D eigenvalue weighted by Gasteiger charge is 2.11. The molecule has 0 aromatic heterocycles. The van der Waals surface area contributed by atoms with Crippen molar-refractivity contribution in [1.29, 1.82) is 0 Å². The summed E-state index contributed by atoms with van der Waals surface area (Å²) in [6.07, 6.45) is 2.99. The molecule has 0 aliphatic rings. The monoisotopic (exact) mass is 360 g/mol. The molecule has 0 bridgehead atoms. The third-order valence-electron chi connectivity index (χ3n) is 3.29. The molecule has 2 aromatic carbocycles. The van der Waals surface area contributed by atoms with E-state index in [4.69, 9.17) is 4.74 Å². The molecule has 25 heavy (non-hydrogen) atoms. The topological polar surface area (TPSA) is 84.5 Å². The van der Waals surface area contributed by atoms with Crippen LogP contribution in [0.2, 0.25) is 0 Å². The van der Waals surface area contributed by atoms with Gasteiger partial charge in [-0.05, 0) is 35.9 Å². The van der Waals surface area contributed by atoms with Crippen molar-refractivity contribution in [2.45, 2.75) is 11.8 Å². The van der Waals surface area contributed by atoms with Gasteiger partial charge in [-0.2, -0.15) is 0 Å². The first-order chi connectivity index (χ1) is 11.9. The summed E-state index contributed by atoms with van der Waals surface area (Å²) in [4.78, 5) is 12.1. The largest absolute Gasteiger partial charge is 0.497 e. The SMILES string of the molecule is CCNS(=O)(=O)c1ccc(/C=C/C(=O)Nc2cccc(OC)c2)cc1. The van der Waals surface area contributed by atoms with E-state index in [0.29, 0.717) is 18.0 Å². The first-order valence-electron chi connectivity index (χ1n) is 7.67. The first-order valence-corrected chi connectivity index (χ1v) is 9.16. The Bertz CT molecular complexity index is 859. The van der Waals surface area contributed by atoms with Gasteiger partial charge < -0.3 is 10.1 Å². The number of benzene rings is 2. The number of hydrogen-bond donors (Lipinski definition) is 2. The van der Waals surface area contributed by atoms with E-state index >= 15 is 0 Å². The van der Waals surface area contributed by atoms with Crippen LogP contribution in [0, 0.1) is 0 Å². The number of carbonyl (C=O) groups is 1. The maximum absolute atomic E-state index is 12.0. The van der Waals surface area contributed by atoms with Gasteiger partial charge in [0.2, 0.25) is 15.9 Å². The zero-order chi connectivity index (χ0) is 18.3. The Labute approximate surface area is 147 Å². The van der Waals surface area contributed by atoms with Gasteiger partial charge in [-0.1, -0.05) is 25.1 Å². The molecule has 2 aromatic rings. The quantitative estimate of drug-likeness (QED) is 0.744. The summed E-state index contributed by atoms with van der Waals surface area (Å²) in [7, 11) is -1.91. The summed E-state index contributed by atoms with van der Waals surface area (Å²) in [5.41, 5.74) is 1.34. The second kappa shape index (κ2) is 8.46. The van der Waals surface area contributed by atoms with Gasteiger partial charge in [-0.25, -0.2) is 13.1 Å². The van der Waals surface area contributed by atoms with E-state index in [1.54, 1.807) is 56.5 Å². The Morgan fingerprint density at radius 3 is 2.52 bits per heavy atom. The minimum absolute atomic E-state index is 0.187. The maximum Gasteiger partial charge on any atom is 0.248 e. The lowest BCUT2D eigenvalue weighted by Crippen LogP contribution is -2.22. The van der Waals surface area contributed by atoms with E-state index in [-0.39, 0.29) is 10.8 Å². The van der Waals surface area contributed by atoms with Gasteiger partial charge in [0.15, 0.2) is 0 Å². The Morgan fingerprint density at radius 2 is 1.88 bits per heavy atom. The molecule has 0 fully saturated rings. The molecule has 2 rings (SSSR count). The van der Waals surface area contributed by atoms with Crippen LogP contribution in [0.1, 0.15) is 12.5 Å². The van der Waals surface area contributed by atoms with Gasteiger partial charge >= 0.3 is 0 Å². The molecule has 7 heteroatoms. The lowest BCUT2D eigenvalue weighted by atomic mass is 10.2. The fourth-order valence-corrected chi connectivity index (χ4v) is 3.13. The lowest BCUT2D eigenvalue weighted by molar-refractivity contribution is -0.111. The van der Waals surface area contributed by atoms with Crippen molar-refractivity contribution in [1.82, 2.24) is 4.72 Å². The van der Waals surface area contributed by atoms with Crippen LogP contribution >= 0.6 is 0 Å². The van der Waals surface area contributed by atoms with Crippen molar-refractivity contribution in [3.05, 3.63) is 60.2 Å². The highest BCUT2D eigenvalue weighted by atomic mass is 32.2. The molecule has 2 N–H and O–H groups in total. The van der Waals surface area contributed by atoms with Crippen LogP contribution < -0.4 is 14.8 Å². The minimum atomic E-state index is -3.47. The van der Waals surface area contributed by atoms with Gasteiger partial charge in [0, 0.05) is 24.4 Å². The number of amides is 1. The summed E-state index contributed by atoms with van der Waals surface area (Å²) in [6, 6.07) is 13.3. The van der Waals surface area contributed by atoms with Crippen molar-refractivity contribution in [3.63, 3.8) is 0 Å². The summed E-state index contributed by atoms with van der Waals surface area (Å²) >= 11 is 0. The van der Waals surface area contributed by atoms with Crippen molar-refractivity contribution >= 4 is 27.7 Å². The number of rotatable bonds is 7. The fraction of sp³-hybridized carbons (Fsp3) is 0.167. The molecule has 1 amide bonds. The standard InChI is InChI=1S/C18H20N2O4S/c1-3-19-25(22,23)17-10-7-14(8-11-17)9-12-18(21)20-15-5-4-6-16(13-15)24-2/h4-13,19H,3H2,1-2H3,(H,20,21)/b12-9+. The molecule has 0 aliphatic heterocycles. The van der Waals surface area contributed by atoms with E-state index in [1.807, 2.05) is 0 Å². The van der Waals surface area contributed by atoms with Crippen molar-refractivity contribution in [2.24, 2.45) is 0 Å². The Hall–Kier alpha value is -2.64. The van der Waals surface area contributed by atoms with Crippen LogP contribution in [-0.4, -0.2) is 28.0 Å². The number of ether oxygens (including phenoxy) is 1. The molecular weight excluding hydrogens is 340 g/mol. The number of sulfonamides is 1. The Morgan fingerprint density at radius 1 is 1.16 bits per heavy atom. The molecule has 0 radical (unpaired) electrons. The van der Waals surface area contributed by atoms with Gasteiger partial charge in [0.1, 0.15) is 5.75 Å². The van der Waals surface area contributed by atoms with Crippen LogP contribution in [0.5, 0.6) is 5.75 Å². The second-order valence-corrected chi connectivity index (χ2v) is 6.89. The van der Waals surface area contributed by atoms with E-state index in [9.17, 15) is 13.2 Å². The third-order valence-corrected chi connectivity index (χ3v) is 4.85. The van der Waals surface area contributed by atoms with Crippen LogP contribution in [0.25, 0.3) is 6.08 Å². The average Bonchev–Trinajstić information content (AvgIpc) is 2.60. The Kier molecular flexibility index (Phi) is 6.32. The average molecular weight is 360 g/mol. The number of anilines is 1. The van der Waals surface area contributed by atoms with Gasteiger partial charge in [0.05, 0.1) is 12.0 Å². The fourth-order valence-electron chi connectivity index (χ4n) is 2.09. The highest BCUT2D eigenvalue weighted by molar-refractivity contribution is 7.89. The third kappa shape index (κ3) is 5.44. The predicted octanol–water partition coefficient (Wildman–Crippen LogP) is 2.65. The van der Waals surface area contributed by atoms with Crippen LogP contribution in [0.3, 0.4) is 0 Å². The zero-order valence-electron chi connectivity index (χ0n) is 14.0. The smallest absolute Gasteiger partial charge is 0.248 e. The van der Waals surface area contributed by atoms with Crippen molar-refractivity contribution in [3.8, 4) is 5.75 Å². The number of nitrogens with one attached hydrogen (secondary N) is 2. The van der Waals surface area contributed by atoms with Crippen LogP contribution in [0.15, 0.2) is 59.5 Å². The van der Waals surface area contributed by atoms with Crippen LogP contribution in [-0.2, 0) is 14.8 Å². The molecule has 0 saturated carbocycles. The van der Waals surface area contributed by atoms with Gasteiger partial charge in [-0.3, -0.25) is 4.79 Å². The van der Waals surface area contributed by atoms with Crippen molar-refractivity contribution < 1.29 is 17.9 Å². The van der Waals surface area contributed by atoms with Gasteiger partial charge in [-0.15, -0.1) is 0 Å². The molecule has 6 nitrogen and oxygen atoms in total. The summed E-state index contributed by atoms with van der Waals surface area (Å²) in [5, 5.41) is 2.73. The molecule has 0 heterocycles. The zero-order valence-corrected chi connectivity index (χ0v) is 14.8. The minimum Gasteiger partial charge on any atom is -0.497 e. The molecular formula is C18H20N2O4S.